The number of benzene rings is 1. The van der Waals surface area contributed by atoms with Crippen molar-refractivity contribution in [2.45, 2.75) is 57.9 Å². The van der Waals surface area contributed by atoms with Gasteiger partial charge in [-0.15, -0.1) is 0 Å². The quantitative estimate of drug-likeness (QED) is 0.478. The fourth-order valence-corrected chi connectivity index (χ4v) is 5.54. The third kappa shape index (κ3) is 5.62. The zero-order valence-electron chi connectivity index (χ0n) is 20.8. The number of hydrogen-bond acceptors (Lipinski definition) is 6. The summed E-state index contributed by atoms with van der Waals surface area (Å²) in [5.74, 6) is -1.18. The molecule has 1 aromatic carbocycles. The van der Waals surface area contributed by atoms with E-state index in [-0.39, 0.29) is 24.3 Å². The molecule has 3 heterocycles. The molecule has 2 fully saturated rings. The van der Waals surface area contributed by atoms with Gasteiger partial charge in [0, 0.05) is 51.0 Å². The maximum absolute atomic E-state index is 13.2. The Morgan fingerprint density at radius 1 is 1.23 bits per heavy atom. The number of fused-ring (bicyclic) bond motifs is 1. The maximum Gasteiger partial charge on any atom is 0.308 e. The van der Waals surface area contributed by atoms with Gasteiger partial charge in [-0.05, 0) is 36.5 Å². The van der Waals surface area contributed by atoms with E-state index in [9.17, 15) is 19.5 Å². The summed E-state index contributed by atoms with van der Waals surface area (Å²) >= 11 is 0. The highest BCUT2D eigenvalue weighted by atomic mass is 16.7. The molecule has 0 unspecified atom stereocenters. The predicted molar refractivity (Wildman–Crippen MR) is 129 cm³/mol. The molecule has 1 N–H and O–H groups in total. The number of carboxylic acids is 1. The Hall–Kier alpha value is -2.65. The number of nitrogens with zero attached hydrogens (tertiary/aromatic N) is 3. The summed E-state index contributed by atoms with van der Waals surface area (Å²) in [4.78, 5) is 47.7. The second-order valence-electron chi connectivity index (χ2n) is 9.71. The second-order valence-corrected chi connectivity index (χ2v) is 9.71. The molecule has 1 aromatic rings. The lowest BCUT2D eigenvalue weighted by atomic mass is 9.84. The van der Waals surface area contributed by atoms with Crippen LogP contribution in [0.4, 0.5) is 0 Å². The third-order valence-electron chi connectivity index (χ3n) is 7.25. The van der Waals surface area contributed by atoms with E-state index in [1.54, 1.807) is 4.90 Å². The van der Waals surface area contributed by atoms with E-state index in [0.29, 0.717) is 45.8 Å². The third-order valence-corrected chi connectivity index (χ3v) is 7.25. The van der Waals surface area contributed by atoms with Crippen LogP contribution in [-0.4, -0.2) is 89.7 Å². The lowest BCUT2D eigenvalue weighted by molar-refractivity contribution is -0.188. The van der Waals surface area contributed by atoms with Crippen LogP contribution >= 0.6 is 0 Å². The molecular weight excluding hydrogens is 450 g/mol. The van der Waals surface area contributed by atoms with E-state index in [4.69, 9.17) is 9.57 Å². The zero-order chi connectivity index (χ0) is 24.9. The second kappa shape index (κ2) is 11.4. The van der Waals surface area contributed by atoms with Crippen molar-refractivity contribution in [3.8, 4) is 5.75 Å². The van der Waals surface area contributed by atoms with Gasteiger partial charge in [-0.25, -0.2) is 5.06 Å². The molecule has 2 amide bonds. The van der Waals surface area contributed by atoms with Crippen LogP contribution in [0.1, 0.15) is 56.6 Å². The van der Waals surface area contributed by atoms with Crippen LogP contribution in [0.2, 0.25) is 0 Å². The van der Waals surface area contributed by atoms with Gasteiger partial charge in [0.1, 0.15) is 5.75 Å². The van der Waals surface area contributed by atoms with Crippen molar-refractivity contribution in [2.75, 3.05) is 45.9 Å². The molecule has 9 heteroatoms. The number of carbonyl (C=O) groups excluding carboxylic acids is 2. The van der Waals surface area contributed by atoms with Gasteiger partial charge in [0.05, 0.1) is 25.7 Å². The van der Waals surface area contributed by atoms with Crippen LogP contribution in [0, 0.1) is 5.92 Å². The lowest BCUT2D eigenvalue weighted by Crippen LogP contribution is -2.49. The molecule has 35 heavy (non-hydrogen) atoms. The number of amides is 2. The number of rotatable bonds is 11. The number of ether oxygens (including phenoxy) is 1. The van der Waals surface area contributed by atoms with Gasteiger partial charge in [0.2, 0.25) is 5.91 Å². The number of hydrogen-bond donors (Lipinski definition) is 1. The summed E-state index contributed by atoms with van der Waals surface area (Å²) in [7, 11) is 0. The number of carbonyl (C=O) groups is 3. The molecule has 192 valence electrons. The Balaban J connectivity index is 1.61. The monoisotopic (exact) mass is 487 g/mol. The first-order valence-corrected chi connectivity index (χ1v) is 12.9. The number of carboxylic acid groups (broad SMARTS) is 1. The summed E-state index contributed by atoms with van der Waals surface area (Å²) < 4.78 is 5.63. The van der Waals surface area contributed by atoms with Gasteiger partial charge in [-0.3, -0.25) is 24.1 Å². The highest BCUT2D eigenvalue weighted by Crippen LogP contribution is 2.40. The Morgan fingerprint density at radius 2 is 2.06 bits per heavy atom. The van der Waals surface area contributed by atoms with Crippen molar-refractivity contribution in [1.82, 2.24) is 14.9 Å². The minimum atomic E-state index is -0.897. The van der Waals surface area contributed by atoms with Crippen molar-refractivity contribution in [3.05, 3.63) is 29.3 Å². The molecule has 3 aliphatic rings. The maximum atomic E-state index is 13.2. The molecule has 3 aliphatic heterocycles. The van der Waals surface area contributed by atoms with Gasteiger partial charge in [0.25, 0.3) is 5.91 Å². The van der Waals surface area contributed by atoms with Crippen LogP contribution in [-0.2, 0) is 25.6 Å². The SMILES string of the molecule is CCCON(CCC)C(=O)CN1C[C@H](c2ccc3c(c2)CCO3)[C@@H](C(=O)O)[C@@H]1CN1CCCC1=O. The first-order chi connectivity index (χ1) is 16.9. The number of aliphatic carboxylic acids is 1. The van der Waals surface area contributed by atoms with Crippen molar-refractivity contribution in [2.24, 2.45) is 5.92 Å². The molecule has 2 saturated heterocycles. The first-order valence-electron chi connectivity index (χ1n) is 12.9. The number of hydroxylamine groups is 2. The molecule has 9 nitrogen and oxygen atoms in total. The molecule has 4 rings (SSSR count). The summed E-state index contributed by atoms with van der Waals surface area (Å²) in [6.45, 7) is 6.99. The van der Waals surface area contributed by atoms with Crippen molar-refractivity contribution < 1.29 is 29.1 Å². The van der Waals surface area contributed by atoms with Crippen LogP contribution in [0.3, 0.4) is 0 Å². The standard InChI is InChI=1S/C26H37N3O6/c1-3-10-29(35-12-4-2)24(31)17-28-15-20(18-7-8-22-19(14-18)9-13-34-22)25(26(32)33)21(28)16-27-11-5-6-23(27)30/h7-8,14,20-21,25H,3-6,9-13,15-17H2,1-2H3,(H,32,33)/t20-,21+,25-/m1/s1. The van der Waals surface area contributed by atoms with Gasteiger partial charge in [-0.2, -0.15) is 0 Å². The van der Waals surface area contributed by atoms with Crippen LogP contribution in [0.25, 0.3) is 0 Å². The van der Waals surface area contributed by atoms with Gasteiger partial charge in [0.15, 0.2) is 0 Å². The van der Waals surface area contributed by atoms with Crippen molar-refractivity contribution in [3.63, 3.8) is 0 Å². The van der Waals surface area contributed by atoms with E-state index in [1.165, 1.54) is 5.06 Å². The fourth-order valence-electron chi connectivity index (χ4n) is 5.54. The lowest BCUT2D eigenvalue weighted by Gasteiger charge is -2.31. The minimum absolute atomic E-state index is 0.0532. The predicted octanol–water partition coefficient (Wildman–Crippen LogP) is 2.29. The van der Waals surface area contributed by atoms with Gasteiger partial charge in [-0.1, -0.05) is 26.0 Å². The van der Waals surface area contributed by atoms with E-state index in [2.05, 4.69) is 6.07 Å². The molecule has 3 atom stereocenters. The van der Waals surface area contributed by atoms with Gasteiger partial charge < -0.3 is 14.7 Å². The Bertz CT molecular complexity index is 938. The molecular formula is C26H37N3O6. The smallest absolute Gasteiger partial charge is 0.308 e. The normalized spacial score (nSPS) is 24.0. The summed E-state index contributed by atoms with van der Waals surface area (Å²) in [6.07, 6.45) is 3.64. The molecule has 0 radical (unpaired) electrons. The fraction of sp³-hybridized carbons (Fsp3) is 0.654. The van der Waals surface area contributed by atoms with E-state index in [0.717, 1.165) is 42.6 Å². The average molecular weight is 488 g/mol. The molecule has 0 spiro atoms. The van der Waals surface area contributed by atoms with Gasteiger partial charge >= 0.3 is 5.97 Å². The highest BCUT2D eigenvalue weighted by Gasteiger charge is 2.48. The highest BCUT2D eigenvalue weighted by molar-refractivity contribution is 5.79. The Labute approximate surface area is 206 Å². The summed E-state index contributed by atoms with van der Waals surface area (Å²) in [6, 6.07) is 5.47. The Morgan fingerprint density at radius 3 is 2.74 bits per heavy atom. The topological polar surface area (TPSA) is 99.6 Å². The summed E-state index contributed by atoms with van der Waals surface area (Å²) in [5.41, 5.74) is 2.04. The van der Waals surface area contributed by atoms with Crippen molar-refractivity contribution >= 4 is 17.8 Å². The Kier molecular flexibility index (Phi) is 8.28. The largest absolute Gasteiger partial charge is 0.493 e. The minimum Gasteiger partial charge on any atom is -0.493 e. The number of likely N-dealkylation sites (tertiary alicyclic amines) is 2. The van der Waals surface area contributed by atoms with E-state index < -0.39 is 17.9 Å². The summed E-state index contributed by atoms with van der Waals surface area (Å²) in [5, 5.41) is 11.7. The van der Waals surface area contributed by atoms with Crippen LogP contribution in [0.15, 0.2) is 18.2 Å². The molecule has 0 bridgehead atoms. The molecule has 0 aromatic heterocycles. The average Bonchev–Trinajstić information content (AvgIpc) is 3.55. The van der Waals surface area contributed by atoms with Crippen LogP contribution < -0.4 is 4.74 Å². The molecule has 0 saturated carbocycles. The van der Waals surface area contributed by atoms with E-state index >= 15 is 0 Å². The zero-order valence-corrected chi connectivity index (χ0v) is 20.8. The van der Waals surface area contributed by atoms with Crippen molar-refractivity contribution in [1.29, 1.82) is 0 Å². The van der Waals surface area contributed by atoms with E-state index in [1.807, 2.05) is 30.9 Å². The van der Waals surface area contributed by atoms with Crippen LogP contribution in [0.5, 0.6) is 5.75 Å². The first kappa shape index (κ1) is 25.4. The molecule has 0 aliphatic carbocycles.